The zero-order valence-electron chi connectivity index (χ0n) is 31.4. The predicted molar refractivity (Wildman–Crippen MR) is 225 cm³/mol. The van der Waals surface area contributed by atoms with Gasteiger partial charge in [-0.2, -0.15) is 0 Å². The molecule has 6 heteroatoms. The van der Waals surface area contributed by atoms with Crippen LogP contribution in [0.1, 0.15) is 87.6 Å². The van der Waals surface area contributed by atoms with Crippen LogP contribution in [0.4, 0.5) is 0 Å². The first-order chi connectivity index (χ1) is 26.1. The van der Waals surface area contributed by atoms with Crippen molar-refractivity contribution in [2.24, 2.45) is 0 Å². The first-order valence-electron chi connectivity index (χ1n) is 19.5. The van der Waals surface area contributed by atoms with Crippen molar-refractivity contribution in [2.75, 3.05) is 0 Å². The van der Waals surface area contributed by atoms with Gasteiger partial charge < -0.3 is 0 Å². The first kappa shape index (κ1) is 35.0. The molecule has 270 valence electrons. The van der Waals surface area contributed by atoms with Crippen molar-refractivity contribution in [3.05, 3.63) is 165 Å². The molecule has 2 unspecified atom stereocenters. The molecule has 4 aromatic carbocycles. The summed E-state index contributed by atoms with van der Waals surface area (Å²) in [4.78, 5) is 0. The molecule has 0 saturated carbocycles. The van der Waals surface area contributed by atoms with Crippen LogP contribution >= 0.6 is 17.0 Å². The van der Waals surface area contributed by atoms with Crippen molar-refractivity contribution in [2.45, 2.75) is 72.7 Å². The summed E-state index contributed by atoms with van der Waals surface area (Å²) >= 11 is -5.36. The third-order valence-electron chi connectivity index (χ3n) is 13.0. The number of hydrogen-bond acceptors (Lipinski definition) is 2. The van der Waals surface area contributed by atoms with Gasteiger partial charge in [-0.3, -0.25) is 0 Å². The molecule has 0 spiro atoms. The van der Waals surface area contributed by atoms with E-state index in [9.17, 15) is 0 Å². The van der Waals surface area contributed by atoms with E-state index < -0.39 is 20.4 Å². The fourth-order valence-electron chi connectivity index (χ4n) is 10.5. The Morgan fingerprint density at radius 3 is 1.37 bits per heavy atom. The molecule has 2 nitrogen and oxygen atoms in total. The van der Waals surface area contributed by atoms with Crippen molar-refractivity contribution in [3.63, 3.8) is 0 Å². The van der Waals surface area contributed by atoms with E-state index in [-0.39, 0.29) is 7.25 Å². The summed E-state index contributed by atoms with van der Waals surface area (Å²) in [5, 5.41) is 0. The van der Waals surface area contributed by atoms with Gasteiger partial charge in [0.05, 0.1) is 0 Å². The van der Waals surface area contributed by atoms with Crippen LogP contribution in [0, 0.1) is 13.8 Å². The number of aryl methyl sites for hydroxylation is 4. The summed E-state index contributed by atoms with van der Waals surface area (Å²) in [5.41, 5.74) is 17.1. The van der Waals surface area contributed by atoms with E-state index in [0.29, 0.717) is 0 Å². The van der Waals surface area contributed by atoms with Crippen LogP contribution in [0.5, 0.6) is 0 Å². The summed E-state index contributed by atoms with van der Waals surface area (Å²) < 4.78 is 12.9. The molecular formula is C48H44Cl2O2SiZr. The molecule has 2 aromatic heterocycles. The summed E-state index contributed by atoms with van der Waals surface area (Å²) in [6.45, 7) is 8.87. The summed E-state index contributed by atoms with van der Waals surface area (Å²) in [6.07, 6.45) is 11.5. The van der Waals surface area contributed by atoms with Gasteiger partial charge in [0.1, 0.15) is 0 Å². The summed E-state index contributed by atoms with van der Waals surface area (Å²) in [7, 11) is 18.1. The van der Waals surface area contributed by atoms with Crippen LogP contribution in [0.3, 0.4) is 0 Å². The Morgan fingerprint density at radius 2 is 1.00 bits per heavy atom. The number of hydrogen-bond donors (Lipinski definition) is 0. The van der Waals surface area contributed by atoms with Crippen LogP contribution in [0.25, 0.3) is 45.6 Å². The van der Waals surface area contributed by atoms with Crippen LogP contribution in [0.2, 0.25) is 13.1 Å². The number of halogens is 2. The molecule has 54 heavy (non-hydrogen) atoms. The quantitative estimate of drug-likeness (QED) is 0.156. The first-order valence-corrected chi connectivity index (χ1v) is 34.9. The second-order valence-corrected chi connectivity index (χ2v) is 55.0. The Bertz CT molecular complexity index is 2490. The van der Waals surface area contributed by atoms with Crippen molar-refractivity contribution in [1.29, 1.82) is 0 Å². The Labute approximate surface area is 326 Å². The Balaban J connectivity index is 1.31. The van der Waals surface area contributed by atoms with E-state index in [1.165, 1.54) is 79.6 Å². The third-order valence-corrected chi connectivity index (χ3v) is 59.2. The van der Waals surface area contributed by atoms with Crippen molar-refractivity contribution < 1.29 is 23.8 Å². The molecule has 0 radical (unpaired) electrons. The number of benzene rings is 4. The van der Waals surface area contributed by atoms with Gasteiger partial charge in [-0.1, -0.05) is 0 Å². The number of allylic oxidation sites excluding steroid dienone is 2. The van der Waals surface area contributed by atoms with Crippen LogP contribution < -0.4 is 0 Å². The van der Waals surface area contributed by atoms with E-state index in [4.69, 9.17) is 25.9 Å². The zero-order valence-corrected chi connectivity index (χ0v) is 36.3. The fraction of sp³-hybridized carbons (Fsp3) is 0.250. The normalized spacial score (nSPS) is 18.6. The second-order valence-electron chi connectivity index (χ2n) is 16.3. The van der Waals surface area contributed by atoms with E-state index in [1.54, 1.807) is 0 Å². The van der Waals surface area contributed by atoms with Gasteiger partial charge in [0, 0.05) is 0 Å². The average Bonchev–Trinajstić information content (AvgIpc) is 4.02. The molecule has 10 rings (SSSR count). The predicted octanol–water partition coefficient (Wildman–Crippen LogP) is 13.9. The molecular weight excluding hydrogens is 799 g/mol. The monoisotopic (exact) mass is 840 g/mol. The Kier molecular flexibility index (Phi) is 8.32. The summed E-state index contributed by atoms with van der Waals surface area (Å²) in [5.74, 6) is 3.55. The van der Waals surface area contributed by atoms with Crippen molar-refractivity contribution in [1.82, 2.24) is 0 Å². The maximum absolute atomic E-state index is 9.05. The molecule has 6 aromatic rings. The van der Waals surface area contributed by atoms with Crippen molar-refractivity contribution >= 4 is 45.8 Å². The number of fused-ring (bicyclic) bond motifs is 4. The van der Waals surface area contributed by atoms with E-state index in [0.717, 1.165) is 59.9 Å². The van der Waals surface area contributed by atoms with Crippen LogP contribution in [0.15, 0.2) is 106 Å². The van der Waals surface area contributed by atoms with Gasteiger partial charge in [-0.25, -0.2) is 0 Å². The fourth-order valence-corrected chi connectivity index (χ4v) is 38.2. The second kappa shape index (κ2) is 12.8. The molecule has 0 fully saturated rings. The summed E-state index contributed by atoms with van der Waals surface area (Å²) in [6, 6.07) is 35.5. The van der Waals surface area contributed by atoms with E-state index >= 15 is 0 Å². The molecule has 0 bridgehead atoms. The van der Waals surface area contributed by atoms with Gasteiger partial charge in [-0.15, -0.1) is 0 Å². The Morgan fingerprint density at radius 1 is 0.574 bits per heavy atom. The molecule has 2 heterocycles. The van der Waals surface area contributed by atoms with Crippen molar-refractivity contribution in [3.8, 4) is 22.3 Å². The van der Waals surface area contributed by atoms with Crippen LogP contribution in [-0.4, -0.2) is 5.43 Å². The van der Waals surface area contributed by atoms with Gasteiger partial charge in [0.2, 0.25) is 0 Å². The molecule has 0 saturated heterocycles. The van der Waals surface area contributed by atoms with Crippen LogP contribution in [-0.2, 0) is 40.7 Å². The molecule has 2 atom stereocenters. The number of rotatable bonds is 6. The van der Waals surface area contributed by atoms with Gasteiger partial charge >= 0.3 is 329 Å². The minimum absolute atomic E-state index is 0.170. The van der Waals surface area contributed by atoms with Gasteiger partial charge in [0.15, 0.2) is 0 Å². The molecule has 0 aliphatic heterocycles. The SMILES string of the molecule is Cc1ccc(C2=Cc3c(cc4c(c3-c3ccccc3)CCC4)[CH]2[Zr]([Cl])([Cl])([CH]2C(c3ccc(C)o3)=Cc3c2cc2c(c3-c3ccccc3)CCC2)=[Si](C)C)o1. The molecule has 0 amide bonds. The third kappa shape index (κ3) is 5.12. The molecule has 4 aliphatic carbocycles. The van der Waals surface area contributed by atoms with E-state index in [1.807, 2.05) is 13.8 Å². The maximum atomic E-state index is 9.05. The minimum atomic E-state index is -5.36. The van der Waals surface area contributed by atoms with E-state index in [2.05, 4.69) is 122 Å². The standard InChI is InChI=1S/2C23H19O.C2H6Si.2ClH.Zr/c2*1-15-10-11-22(24-15)19-13-18-12-17-8-5-9-20(17)23(21(18)14-19)16-6-3-2-4-7-16;1-3-2;;;/h2*2-4,6-7,10-14H,5,8-9H2,1H3;1-2H3;2*1H;/q;;;;;+2/p-2. The van der Waals surface area contributed by atoms with Gasteiger partial charge in [-0.05, 0) is 0 Å². The van der Waals surface area contributed by atoms with Gasteiger partial charge in [0.25, 0.3) is 0 Å². The Hall–Kier alpha value is -3.40. The average molecular weight is 843 g/mol. The molecule has 0 N–H and O–H groups in total. The number of furan rings is 2. The zero-order chi connectivity index (χ0) is 37.0. The topological polar surface area (TPSA) is 26.3 Å². The molecule has 4 aliphatic rings.